The van der Waals surface area contributed by atoms with Crippen LogP contribution in [0.1, 0.15) is 10.4 Å². The average Bonchev–Trinajstić information content (AvgIpc) is 3.00. The summed E-state index contributed by atoms with van der Waals surface area (Å²) >= 11 is 0. The third-order valence-corrected chi connectivity index (χ3v) is 4.10. The molecule has 0 spiro atoms. The first-order valence-corrected chi connectivity index (χ1v) is 7.72. The number of hydrogen-bond acceptors (Lipinski definition) is 2. The number of methoxy groups -OCH3 is 1. The van der Waals surface area contributed by atoms with E-state index in [1.165, 1.54) is 0 Å². The molecule has 0 saturated carbocycles. The summed E-state index contributed by atoms with van der Waals surface area (Å²) in [5.41, 5.74) is 3.23. The maximum atomic E-state index is 12.7. The molecule has 118 valence electrons. The average molecular weight is 316 g/mol. The highest BCUT2D eigenvalue weighted by Crippen LogP contribution is 2.36. The van der Waals surface area contributed by atoms with E-state index in [1.54, 1.807) is 13.2 Å². The molecule has 4 heteroatoms. The van der Waals surface area contributed by atoms with E-state index < -0.39 is 0 Å². The highest BCUT2D eigenvalue weighted by Gasteiger charge is 2.18. The second-order valence-corrected chi connectivity index (χ2v) is 5.56. The molecule has 4 rings (SSSR count). The van der Waals surface area contributed by atoms with Gasteiger partial charge in [0, 0.05) is 16.6 Å². The number of carbonyl (C=O) groups excluding carboxylic acids is 1. The summed E-state index contributed by atoms with van der Waals surface area (Å²) in [4.78, 5) is 16.1. The normalized spacial score (nSPS) is 10.9. The fourth-order valence-electron chi connectivity index (χ4n) is 3.02. The molecular weight excluding hydrogens is 300 g/mol. The molecule has 0 aliphatic carbocycles. The van der Waals surface area contributed by atoms with Crippen LogP contribution in [0.5, 0.6) is 5.75 Å². The van der Waals surface area contributed by atoms with Crippen LogP contribution in [0.25, 0.3) is 21.8 Å². The van der Waals surface area contributed by atoms with E-state index in [1.807, 2.05) is 60.7 Å². The largest absolute Gasteiger partial charge is 0.495 e. The number of para-hydroxylation sites is 2. The molecular formula is C20H16N2O2. The van der Waals surface area contributed by atoms with Gasteiger partial charge < -0.3 is 15.0 Å². The van der Waals surface area contributed by atoms with Crippen LogP contribution in [0.15, 0.2) is 66.7 Å². The molecule has 0 aliphatic rings. The van der Waals surface area contributed by atoms with Crippen LogP contribution >= 0.6 is 0 Å². The minimum Gasteiger partial charge on any atom is -0.495 e. The van der Waals surface area contributed by atoms with Gasteiger partial charge >= 0.3 is 0 Å². The minimum atomic E-state index is -0.190. The van der Waals surface area contributed by atoms with Crippen molar-refractivity contribution in [2.75, 3.05) is 12.4 Å². The number of H-pyrrole nitrogens is 1. The lowest BCUT2D eigenvalue weighted by molar-refractivity contribution is 0.102. The number of amides is 1. The van der Waals surface area contributed by atoms with Gasteiger partial charge in [-0.05, 0) is 30.3 Å². The smallest absolute Gasteiger partial charge is 0.259 e. The van der Waals surface area contributed by atoms with Gasteiger partial charge in [0.15, 0.2) is 0 Å². The molecule has 1 heterocycles. The zero-order valence-corrected chi connectivity index (χ0v) is 13.2. The van der Waals surface area contributed by atoms with Crippen molar-refractivity contribution in [1.29, 1.82) is 0 Å². The van der Waals surface area contributed by atoms with Crippen molar-refractivity contribution in [2.45, 2.75) is 0 Å². The predicted molar refractivity (Wildman–Crippen MR) is 96.8 cm³/mol. The Labute approximate surface area is 139 Å². The summed E-state index contributed by atoms with van der Waals surface area (Å²) in [5.74, 6) is 0.392. The molecule has 4 aromatic rings. The Morgan fingerprint density at radius 3 is 2.46 bits per heavy atom. The Hall–Kier alpha value is -3.27. The minimum absolute atomic E-state index is 0.190. The van der Waals surface area contributed by atoms with Crippen molar-refractivity contribution in [1.82, 2.24) is 4.98 Å². The molecule has 4 nitrogen and oxygen atoms in total. The first-order chi connectivity index (χ1) is 11.8. The summed E-state index contributed by atoms with van der Waals surface area (Å²) in [6.07, 6.45) is 0. The summed E-state index contributed by atoms with van der Waals surface area (Å²) in [6.45, 7) is 0. The van der Waals surface area contributed by atoms with Crippen LogP contribution in [0, 0.1) is 0 Å². The monoisotopic (exact) mass is 316 g/mol. The van der Waals surface area contributed by atoms with Crippen molar-refractivity contribution >= 4 is 33.4 Å². The lowest BCUT2D eigenvalue weighted by Crippen LogP contribution is -2.13. The zero-order chi connectivity index (χ0) is 16.5. The van der Waals surface area contributed by atoms with E-state index in [0.717, 1.165) is 27.5 Å². The Balaban J connectivity index is 1.86. The van der Waals surface area contributed by atoms with Gasteiger partial charge in [0.05, 0.1) is 23.6 Å². The number of ether oxygens (including phenoxy) is 1. The number of benzene rings is 3. The Kier molecular flexibility index (Phi) is 3.43. The second kappa shape index (κ2) is 5.74. The van der Waals surface area contributed by atoms with Crippen molar-refractivity contribution < 1.29 is 9.53 Å². The molecule has 0 unspecified atom stereocenters. The highest BCUT2D eigenvalue weighted by molar-refractivity contribution is 6.16. The van der Waals surface area contributed by atoms with E-state index in [2.05, 4.69) is 10.3 Å². The molecule has 0 aliphatic heterocycles. The number of anilines is 1. The van der Waals surface area contributed by atoms with Crippen LogP contribution in [0.3, 0.4) is 0 Å². The molecule has 0 fully saturated rings. The Morgan fingerprint density at radius 2 is 1.67 bits per heavy atom. The zero-order valence-electron chi connectivity index (χ0n) is 13.2. The summed E-state index contributed by atoms with van der Waals surface area (Å²) < 4.78 is 5.60. The van der Waals surface area contributed by atoms with Crippen LogP contribution in [-0.4, -0.2) is 18.0 Å². The molecule has 24 heavy (non-hydrogen) atoms. The number of carbonyl (C=O) groups is 1. The molecule has 1 aromatic heterocycles. The lowest BCUT2D eigenvalue weighted by Gasteiger charge is -2.11. The number of fused-ring (bicyclic) bond motifs is 3. The molecule has 1 amide bonds. The van der Waals surface area contributed by atoms with E-state index in [-0.39, 0.29) is 5.91 Å². The molecule has 2 N–H and O–H groups in total. The van der Waals surface area contributed by atoms with Crippen LogP contribution in [0.2, 0.25) is 0 Å². The predicted octanol–water partition coefficient (Wildman–Crippen LogP) is 4.58. The molecule has 3 aromatic carbocycles. The van der Waals surface area contributed by atoms with E-state index in [9.17, 15) is 4.79 Å². The topological polar surface area (TPSA) is 54.1 Å². The molecule has 0 radical (unpaired) electrons. The quantitative estimate of drug-likeness (QED) is 0.581. The van der Waals surface area contributed by atoms with Crippen molar-refractivity contribution in [3.05, 3.63) is 72.3 Å². The maximum absolute atomic E-state index is 12.7. The third-order valence-electron chi connectivity index (χ3n) is 4.10. The van der Waals surface area contributed by atoms with Gasteiger partial charge in [0.1, 0.15) is 5.75 Å². The van der Waals surface area contributed by atoms with Crippen LogP contribution in [-0.2, 0) is 0 Å². The number of aromatic amines is 1. The van der Waals surface area contributed by atoms with E-state index >= 15 is 0 Å². The van der Waals surface area contributed by atoms with Gasteiger partial charge in [-0.15, -0.1) is 0 Å². The summed E-state index contributed by atoms with van der Waals surface area (Å²) in [7, 11) is 1.59. The van der Waals surface area contributed by atoms with Crippen molar-refractivity contribution in [2.24, 2.45) is 0 Å². The van der Waals surface area contributed by atoms with Gasteiger partial charge in [0.25, 0.3) is 5.91 Å². The van der Waals surface area contributed by atoms with E-state index in [4.69, 9.17) is 4.74 Å². The fourth-order valence-corrected chi connectivity index (χ4v) is 3.02. The maximum Gasteiger partial charge on any atom is 0.259 e. The van der Waals surface area contributed by atoms with Crippen LogP contribution in [0.4, 0.5) is 5.69 Å². The number of nitrogens with one attached hydrogen (secondary N) is 2. The first kappa shape index (κ1) is 14.3. The number of rotatable bonds is 3. The third kappa shape index (κ3) is 2.29. The van der Waals surface area contributed by atoms with Crippen LogP contribution < -0.4 is 10.1 Å². The van der Waals surface area contributed by atoms with Crippen molar-refractivity contribution in [3.8, 4) is 5.75 Å². The van der Waals surface area contributed by atoms with Gasteiger partial charge in [-0.1, -0.05) is 36.4 Å². The summed E-state index contributed by atoms with van der Waals surface area (Å²) in [5, 5.41) is 4.87. The Bertz CT molecular complexity index is 1040. The van der Waals surface area contributed by atoms with E-state index in [0.29, 0.717) is 11.3 Å². The Morgan fingerprint density at radius 1 is 0.917 bits per heavy atom. The summed E-state index contributed by atoms with van der Waals surface area (Å²) in [6, 6.07) is 21.1. The van der Waals surface area contributed by atoms with Gasteiger partial charge in [-0.25, -0.2) is 0 Å². The van der Waals surface area contributed by atoms with Crippen molar-refractivity contribution in [3.63, 3.8) is 0 Å². The highest BCUT2D eigenvalue weighted by atomic mass is 16.5. The molecule has 0 saturated heterocycles. The number of hydrogen-bond donors (Lipinski definition) is 2. The van der Waals surface area contributed by atoms with Gasteiger partial charge in [-0.3, -0.25) is 4.79 Å². The number of aromatic nitrogens is 1. The standard InChI is InChI=1S/C20H16N2O2/c1-24-19-15(20(23)21-13-7-3-2-4-8-13)11-12-17-18(19)14-9-5-6-10-16(14)22-17/h2-12,22H,1H3,(H,21,23). The second-order valence-electron chi connectivity index (χ2n) is 5.56. The fraction of sp³-hybridized carbons (Fsp3) is 0.0500. The first-order valence-electron chi connectivity index (χ1n) is 7.72. The molecule has 0 atom stereocenters. The molecule has 0 bridgehead atoms. The lowest BCUT2D eigenvalue weighted by atomic mass is 10.1. The van der Waals surface area contributed by atoms with Gasteiger partial charge in [0.2, 0.25) is 0 Å². The van der Waals surface area contributed by atoms with Gasteiger partial charge in [-0.2, -0.15) is 0 Å². The SMILES string of the molecule is COc1c(C(=O)Nc2ccccc2)ccc2[nH]c3ccccc3c12.